The summed E-state index contributed by atoms with van der Waals surface area (Å²) in [5.41, 5.74) is 1.45. The molecule has 2 heterocycles. The van der Waals surface area contributed by atoms with E-state index in [9.17, 15) is 9.18 Å². The summed E-state index contributed by atoms with van der Waals surface area (Å²) in [6.07, 6.45) is 4.87. The van der Waals surface area contributed by atoms with E-state index in [4.69, 9.17) is 0 Å². The van der Waals surface area contributed by atoms with Crippen molar-refractivity contribution < 1.29 is 10.6 Å². The van der Waals surface area contributed by atoms with E-state index in [2.05, 4.69) is 20.5 Å². The highest BCUT2D eigenvalue weighted by molar-refractivity contribution is 5.91. The molecule has 1 fully saturated rings. The number of aromatic nitrogens is 3. The quantitative estimate of drug-likeness (QED) is 0.932. The van der Waals surface area contributed by atoms with Crippen LogP contribution in [0.25, 0.3) is 11.4 Å². The first-order chi connectivity index (χ1) is 11.5. The van der Waals surface area contributed by atoms with Crippen LogP contribution in [0.3, 0.4) is 0 Å². The number of benzene rings is 1. The number of carbonyl (C=O) groups is 1. The molecule has 1 N–H and O–H groups in total. The van der Waals surface area contributed by atoms with Gasteiger partial charge in [0.25, 0.3) is 0 Å². The molecule has 1 aliphatic heterocycles. The molecule has 128 valence electrons. The van der Waals surface area contributed by atoms with E-state index in [-0.39, 0.29) is 25.2 Å². The Morgan fingerprint density at radius 1 is 1.46 bits per heavy atom. The minimum absolute atomic E-state index is 0. The zero-order valence-electron chi connectivity index (χ0n) is 14.0. The van der Waals surface area contributed by atoms with Crippen LogP contribution in [0.5, 0.6) is 0 Å². The number of carbonyl (C=O) groups excluding carboxylic acids is 1. The van der Waals surface area contributed by atoms with E-state index < -0.39 is 5.82 Å². The highest BCUT2D eigenvalue weighted by Crippen LogP contribution is 2.30. The molecule has 0 radical (unpaired) electrons. The Hall–Kier alpha value is -2.57. The Balaban J connectivity index is 0.00000225. The van der Waals surface area contributed by atoms with E-state index in [0.29, 0.717) is 17.0 Å². The highest BCUT2D eigenvalue weighted by Gasteiger charge is 2.37. The summed E-state index contributed by atoms with van der Waals surface area (Å²) in [6.45, 7) is 5.80. The number of likely N-dealkylation sites (tertiary alicyclic amines) is 1. The van der Waals surface area contributed by atoms with Crippen molar-refractivity contribution in [1.82, 2.24) is 20.1 Å². The van der Waals surface area contributed by atoms with Gasteiger partial charge < -0.3 is 10.2 Å². The van der Waals surface area contributed by atoms with Gasteiger partial charge in [0.15, 0.2) is 5.82 Å². The van der Waals surface area contributed by atoms with Crippen LogP contribution in [0, 0.1) is 12.7 Å². The molecule has 2 amide bonds. The molecule has 1 aromatic heterocycles. The van der Waals surface area contributed by atoms with Crippen LogP contribution >= 0.6 is 0 Å². The maximum absolute atomic E-state index is 14.3. The molecule has 0 bridgehead atoms. The Morgan fingerprint density at radius 2 is 2.25 bits per heavy atom. The number of nitrogens with zero attached hydrogens (tertiary/aromatic N) is 4. The number of hydrogen-bond acceptors (Lipinski definition) is 4. The third kappa shape index (κ3) is 2.93. The van der Waals surface area contributed by atoms with Crippen molar-refractivity contribution in [3.63, 3.8) is 0 Å². The SMILES string of the molecule is CCC1CC(C)N1C(=O)Nc1cc(-c2nccnn2)c(C)cc1F.[HH]. The first kappa shape index (κ1) is 16.3. The standard InChI is InChI=1S/C17H20FN5O.H2/c1-4-12-8-11(3)23(12)17(24)21-15-9-13(10(2)7-14(15)18)16-19-5-6-20-22-16;/h5-7,9,11-12H,4,8H2,1-3H3,(H,21,24);1H. The van der Waals surface area contributed by atoms with Gasteiger partial charge in [0.1, 0.15) is 5.82 Å². The first-order valence-electron chi connectivity index (χ1n) is 8.04. The molecule has 3 rings (SSSR count). The number of rotatable bonds is 3. The van der Waals surface area contributed by atoms with Gasteiger partial charge in [-0.2, -0.15) is 5.10 Å². The van der Waals surface area contributed by atoms with E-state index in [1.807, 2.05) is 13.8 Å². The average molecular weight is 331 g/mol. The summed E-state index contributed by atoms with van der Waals surface area (Å²) < 4.78 is 14.3. The zero-order chi connectivity index (χ0) is 17.3. The normalized spacial score (nSPS) is 19.8. The second kappa shape index (κ2) is 6.51. The first-order valence-corrected chi connectivity index (χ1v) is 8.04. The fraction of sp³-hybridized carbons (Fsp3) is 0.412. The van der Waals surface area contributed by atoms with Crippen LogP contribution in [0.15, 0.2) is 24.5 Å². The third-order valence-electron chi connectivity index (χ3n) is 4.47. The lowest BCUT2D eigenvalue weighted by Crippen LogP contribution is -2.58. The second-order valence-electron chi connectivity index (χ2n) is 6.10. The molecule has 2 aromatic rings. The topological polar surface area (TPSA) is 71.0 Å². The molecule has 0 spiro atoms. The minimum Gasteiger partial charge on any atom is -0.319 e. The van der Waals surface area contributed by atoms with E-state index in [1.165, 1.54) is 18.5 Å². The van der Waals surface area contributed by atoms with E-state index >= 15 is 0 Å². The Bertz CT molecular complexity index is 758. The summed E-state index contributed by atoms with van der Waals surface area (Å²) in [7, 11) is 0. The van der Waals surface area contributed by atoms with Gasteiger partial charge in [0.2, 0.25) is 0 Å². The lowest BCUT2D eigenvalue weighted by molar-refractivity contribution is 0.0688. The van der Waals surface area contributed by atoms with Crippen molar-refractivity contribution in [2.24, 2.45) is 0 Å². The van der Waals surface area contributed by atoms with Crippen molar-refractivity contribution in [2.45, 2.75) is 45.7 Å². The molecule has 2 atom stereocenters. The van der Waals surface area contributed by atoms with Crippen LogP contribution in [0.1, 0.15) is 33.7 Å². The maximum atomic E-state index is 14.3. The molecule has 1 saturated heterocycles. The minimum atomic E-state index is -0.477. The number of nitrogens with one attached hydrogen (secondary N) is 1. The van der Waals surface area contributed by atoms with Crippen molar-refractivity contribution >= 4 is 11.7 Å². The molecule has 1 aromatic carbocycles. The maximum Gasteiger partial charge on any atom is 0.322 e. The summed E-state index contributed by atoms with van der Waals surface area (Å²) in [5.74, 6) is -0.0797. The molecule has 1 aliphatic rings. The lowest BCUT2D eigenvalue weighted by atomic mass is 9.93. The van der Waals surface area contributed by atoms with Gasteiger partial charge in [0, 0.05) is 25.3 Å². The van der Waals surface area contributed by atoms with Crippen molar-refractivity contribution in [2.75, 3.05) is 5.32 Å². The average Bonchev–Trinajstić information content (AvgIpc) is 2.55. The van der Waals surface area contributed by atoms with Gasteiger partial charge in [-0.3, -0.25) is 0 Å². The Kier molecular flexibility index (Phi) is 4.42. The lowest BCUT2D eigenvalue weighted by Gasteiger charge is -2.46. The molecule has 0 aliphatic carbocycles. The summed E-state index contributed by atoms with van der Waals surface area (Å²) in [4.78, 5) is 18.4. The third-order valence-corrected chi connectivity index (χ3v) is 4.47. The summed E-state index contributed by atoms with van der Waals surface area (Å²) >= 11 is 0. The molecule has 7 heteroatoms. The van der Waals surface area contributed by atoms with Gasteiger partial charge in [-0.1, -0.05) is 6.92 Å². The van der Waals surface area contributed by atoms with Gasteiger partial charge in [-0.15, -0.1) is 5.10 Å². The number of anilines is 1. The van der Waals surface area contributed by atoms with E-state index in [0.717, 1.165) is 12.8 Å². The van der Waals surface area contributed by atoms with Crippen molar-refractivity contribution in [1.29, 1.82) is 0 Å². The molecule has 6 nitrogen and oxygen atoms in total. The van der Waals surface area contributed by atoms with Crippen molar-refractivity contribution in [3.05, 3.63) is 35.9 Å². The predicted molar refractivity (Wildman–Crippen MR) is 91.1 cm³/mol. The highest BCUT2D eigenvalue weighted by atomic mass is 19.1. The second-order valence-corrected chi connectivity index (χ2v) is 6.10. The van der Waals surface area contributed by atoms with Gasteiger partial charge in [0.05, 0.1) is 11.9 Å². The Labute approximate surface area is 141 Å². The largest absolute Gasteiger partial charge is 0.322 e. The van der Waals surface area contributed by atoms with E-state index in [1.54, 1.807) is 17.9 Å². The van der Waals surface area contributed by atoms with Crippen LogP contribution in [-0.2, 0) is 0 Å². The number of amides is 2. The smallest absolute Gasteiger partial charge is 0.319 e. The predicted octanol–water partition coefficient (Wildman–Crippen LogP) is 3.64. The van der Waals surface area contributed by atoms with Gasteiger partial charge in [-0.25, -0.2) is 14.2 Å². The fourth-order valence-corrected chi connectivity index (χ4v) is 3.13. The Morgan fingerprint density at radius 3 is 2.88 bits per heavy atom. The fourth-order valence-electron chi connectivity index (χ4n) is 3.13. The molecular formula is C17H22FN5O. The molecule has 24 heavy (non-hydrogen) atoms. The molecular weight excluding hydrogens is 309 g/mol. The number of hydrogen-bond donors (Lipinski definition) is 1. The van der Waals surface area contributed by atoms with Crippen LogP contribution in [0.2, 0.25) is 0 Å². The van der Waals surface area contributed by atoms with Crippen LogP contribution < -0.4 is 5.32 Å². The number of halogens is 1. The van der Waals surface area contributed by atoms with Crippen molar-refractivity contribution in [3.8, 4) is 11.4 Å². The van der Waals surface area contributed by atoms with Gasteiger partial charge >= 0.3 is 6.03 Å². The monoisotopic (exact) mass is 331 g/mol. The molecule has 0 saturated carbocycles. The number of aryl methyl sites for hydroxylation is 1. The van der Waals surface area contributed by atoms with Crippen LogP contribution in [-0.4, -0.2) is 38.2 Å². The van der Waals surface area contributed by atoms with Gasteiger partial charge in [-0.05, 0) is 44.4 Å². The summed E-state index contributed by atoms with van der Waals surface area (Å²) in [6, 6.07) is 3.05. The molecule has 2 unspecified atom stereocenters. The summed E-state index contributed by atoms with van der Waals surface area (Å²) in [5, 5.41) is 10.4. The van der Waals surface area contributed by atoms with Crippen LogP contribution in [0.4, 0.5) is 14.9 Å². The number of urea groups is 1. The zero-order valence-corrected chi connectivity index (χ0v) is 14.0.